The van der Waals surface area contributed by atoms with Crippen LogP contribution in [0, 0.1) is 6.92 Å². The fourth-order valence-electron chi connectivity index (χ4n) is 3.63. The van der Waals surface area contributed by atoms with E-state index in [1.54, 1.807) is 6.07 Å². The number of hydrogen-bond donors (Lipinski definition) is 1. The maximum Gasteiger partial charge on any atom is 0.277 e. The van der Waals surface area contributed by atoms with Crippen LogP contribution >= 0.6 is 0 Å². The summed E-state index contributed by atoms with van der Waals surface area (Å²) in [4.78, 5) is 23.9. The van der Waals surface area contributed by atoms with Crippen LogP contribution in [0.4, 0.5) is 11.5 Å². The maximum atomic E-state index is 13.2. The van der Waals surface area contributed by atoms with Crippen molar-refractivity contribution in [3.63, 3.8) is 0 Å². The van der Waals surface area contributed by atoms with Crippen LogP contribution in [0.15, 0.2) is 60.7 Å². The molecule has 0 fully saturated rings. The van der Waals surface area contributed by atoms with Crippen molar-refractivity contribution < 1.29 is 4.79 Å². The van der Waals surface area contributed by atoms with Gasteiger partial charge in [-0.15, -0.1) is 0 Å². The van der Waals surface area contributed by atoms with E-state index < -0.39 is 0 Å². The summed E-state index contributed by atoms with van der Waals surface area (Å²) in [6, 6.07) is 20.2. The minimum Gasteiger partial charge on any atom is -0.370 e. The van der Waals surface area contributed by atoms with E-state index in [0.29, 0.717) is 17.3 Å². The summed E-state index contributed by atoms with van der Waals surface area (Å²) < 4.78 is 0. The van der Waals surface area contributed by atoms with E-state index in [1.165, 1.54) is 11.1 Å². The van der Waals surface area contributed by atoms with Crippen molar-refractivity contribution in [2.75, 3.05) is 23.3 Å². The zero-order chi connectivity index (χ0) is 19.3. The molecule has 4 rings (SSSR count). The van der Waals surface area contributed by atoms with E-state index in [2.05, 4.69) is 33.5 Å². The van der Waals surface area contributed by atoms with Gasteiger partial charge in [-0.2, -0.15) is 0 Å². The van der Waals surface area contributed by atoms with Crippen LogP contribution in [0.25, 0.3) is 0 Å². The van der Waals surface area contributed by atoms with Crippen molar-refractivity contribution in [2.24, 2.45) is 0 Å². The minimum atomic E-state index is -0.0660. The number of hydrogen-bond acceptors (Lipinski definition) is 4. The number of carbonyl (C=O) groups excluding carboxylic acids is 1. The van der Waals surface area contributed by atoms with Gasteiger partial charge in [0, 0.05) is 24.8 Å². The second kappa shape index (κ2) is 8.21. The second-order valence-corrected chi connectivity index (χ2v) is 7.04. The number of aryl methyl sites for hydroxylation is 2. The molecule has 1 aliphatic heterocycles. The number of rotatable bonds is 5. The molecule has 0 spiro atoms. The van der Waals surface area contributed by atoms with Gasteiger partial charge < -0.3 is 10.2 Å². The Balaban J connectivity index is 1.50. The van der Waals surface area contributed by atoms with E-state index in [1.807, 2.05) is 48.2 Å². The minimum absolute atomic E-state index is 0.0660. The normalized spacial score (nSPS) is 13.1. The highest BCUT2D eigenvalue weighted by atomic mass is 16.2. The third kappa shape index (κ3) is 4.03. The number of para-hydroxylation sites is 1. The predicted molar refractivity (Wildman–Crippen MR) is 112 cm³/mol. The number of nitrogens with one attached hydrogen (secondary N) is 1. The van der Waals surface area contributed by atoms with Crippen molar-refractivity contribution in [3.8, 4) is 0 Å². The smallest absolute Gasteiger partial charge is 0.277 e. The Hall–Kier alpha value is -3.21. The molecule has 3 aromatic rings. The third-order valence-electron chi connectivity index (χ3n) is 4.98. The molecule has 0 bridgehead atoms. The van der Waals surface area contributed by atoms with Crippen LogP contribution < -0.4 is 10.2 Å². The summed E-state index contributed by atoms with van der Waals surface area (Å²) in [6.45, 7) is 3.29. The zero-order valence-electron chi connectivity index (χ0n) is 16.1. The molecule has 0 radical (unpaired) electrons. The Morgan fingerprint density at radius 1 is 1.07 bits per heavy atom. The SMILES string of the molecule is Cc1nc(NCCc2ccccc2)cc(C(=O)N2CCCc3ccccc32)n1. The van der Waals surface area contributed by atoms with Crippen molar-refractivity contribution in [1.29, 1.82) is 0 Å². The van der Waals surface area contributed by atoms with Gasteiger partial charge in [-0.25, -0.2) is 9.97 Å². The molecule has 1 amide bonds. The lowest BCUT2D eigenvalue weighted by Gasteiger charge is -2.29. The lowest BCUT2D eigenvalue weighted by molar-refractivity contribution is 0.0980. The summed E-state index contributed by atoms with van der Waals surface area (Å²) in [5.41, 5.74) is 3.91. The topological polar surface area (TPSA) is 58.1 Å². The van der Waals surface area contributed by atoms with Gasteiger partial charge >= 0.3 is 0 Å². The highest BCUT2D eigenvalue weighted by Crippen LogP contribution is 2.28. The Kier molecular flexibility index (Phi) is 5.33. The molecule has 5 heteroatoms. The maximum absolute atomic E-state index is 13.2. The molecule has 0 saturated carbocycles. The van der Waals surface area contributed by atoms with Crippen molar-refractivity contribution in [1.82, 2.24) is 9.97 Å². The standard InChI is InChI=1S/C23H24N4O/c1-17-25-20(16-22(26-17)24-14-13-18-8-3-2-4-9-18)23(28)27-15-7-11-19-10-5-6-12-21(19)27/h2-6,8-10,12,16H,7,11,13-15H2,1H3,(H,24,25,26). The van der Waals surface area contributed by atoms with Crippen molar-refractivity contribution in [2.45, 2.75) is 26.2 Å². The second-order valence-electron chi connectivity index (χ2n) is 7.04. The molecule has 0 saturated heterocycles. The molecule has 142 valence electrons. The summed E-state index contributed by atoms with van der Waals surface area (Å²) >= 11 is 0. The van der Waals surface area contributed by atoms with Gasteiger partial charge in [0.25, 0.3) is 5.91 Å². The lowest BCUT2D eigenvalue weighted by atomic mass is 10.0. The number of carbonyl (C=O) groups is 1. The molecule has 5 nitrogen and oxygen atoms in total. The van der Waals surface area contributed by atoms with Gasteiger partial charge in [-0.1, -0.05) is 48.5 Å². The number of aromatic nitrogens is 2. The van der Waals surface area contributed by atoms with Crippen LogP contribution in [-0.2, 0) is 12.8 Å². The first-order valence-electron chi connectivity index (χ1n) is 9.74. The average Bonchev–Trinajstić information content (AvgIpc) is 2.73. The molecule has 0 atom stereocenters. The van der Waals surface area contributed by atoms with Gasteiger partial charge in [0.15, 0.2) is 0 Å². The quantitative estimate of drug-likeness (QED) is 0.735. The monoisotopic (exact) mass is 372 g/mol. The van der Waals surface area contributed by atoms with Gasteiger partial charge in [-0.3, -0.25) is 4.79 Å². The van der Waals surface area contributed by atoms with Crippen LogP contribution in [-0.4, -0.2) is 29.0 Å². The van der Waals surface area contributed by atoms with Gasteiger partial charge in [0.1, 0.15) is 17.3 Å². The average molecular weight is 372 g/mol. The van der Waals surface area contributed by atoms with Crippen molar-refractivity contribution >= 4 is 17.4 Å². The first-order valence-corrected chi connectivity index (χ1v) is 9.74. The molecular weight excluding hydrogens is 348 g/mol. The van der Waals surface area contributed by atoms with Crippen LogP contribution in [0.2, 0.25) is 0 Å². The first kappa shape index (κ1) is 18.2. The molecule has 1 N–H and O–H groups in total. The summed E-state index contributed by atoms with van der Waals surface area (Å²) in [5.74, 6) is 1.22. The largest absolute Gasteiger partial charge is 0.370 e. The molecular formula is C23H24N4O. The van der Waals surface area contributed by atoms with Gasteiger partial charge in [0.2, 0.25) is 0 Å². The predicted octanol–water partition coefficient (Wildman–Crippen LogP) is 4.03. The Morgan fingerprint density at radius 3 is 2.71 bits per heavy atom. The highest BCUT2D eigenvalue weighted by molar-refractivity contribution is 6.05. The van der Waals surface area contributed by atoms with Gasteiger partial charge in [-0.05, 0) is 43.4 Å². The fraction of sp³-hybridized carbons (Fsp3) is 0.261. The van der Waals surface area contributed by atoms with Crippen LogP contribution in [0.1, 0.15) is 33.9 Å². The first-order chi connectivity index (χ1) is 13.7. The molecule has 28 heavy (non-hydrogen) atoms. The van der Waals surface area contributed by atoms with E-state index in [9.17, 15) is 4.79 Å². The van der Waals surface area contributed by atoms with E-state index >= 15 is 0 Å². The number of benzene rings is 2. The van der Waals surface area contributed by atoms with E-state index in [4.69, 9.17) is 0 Å². The molecule has 0 aliphatic carbocycles. The molecule has 2 heterocycles. The van der Waals surface area contributed by atoms with Gasteiger partial charge in [0.05, 0.1) is 0 Å². The summed E-state index contributed by atoms with van der Waals surface area (Å²) in [6.07, 6.45) is 2.87. The number of amides is 1. The van der Waals surface area contributed by atoms with E-state index in [0.717, 1.165) is 38.0 Å². The molecule has 1 aliphatic rings. The Morgan fingerprint density at radius 2 is 1.86 bits per heavy atom. The lowest BCUT2D eigenvalue weighted by Crippen LogP contribution is -2.36. The van der Waals surface area contributed by atoms with Crippen LogP contribution in [0.3, 0.4) is 0 Å². The molecule has 2 aromatic carbocycles. The Labute approximate surface area is 165 Å². The number of fused-ring (bicyclic) bond motifs is 1. The summed E-state index contributed by atoms with van der Waals surface area (Å²) in [7, 11) is 0. The fourth-order valence-corrected chi connectivity index (χ4v) is 3.63. The Bertz CT molecular complexity index is 971. The van der Waals surface area contributed by atoms with Crippen LogP contribution in [0.5, 0.6) is 0 Å². The highest BCUT2D eigenvalue weighted by Gasteiger charge is 2.24. The van der Waals surface area contributed by atoms with E-state index in [-0.39, 0.29) is 5.91 Å². The number of anilines is 2. The van der Waals surface area contributed by atoms with Crippen molar-refractivity contribution in [3.05, 3.63) is 83.3 Å². The number of nitrogens with zero attached hydrogens (tertiary/aromatic N) is 3. The molecule has 1 aromatic heterocycles. The zero-order valence-corrected chi connectivity index (χ0v) is 16.1. The summed E-state index contributed by atoms with van der Waals surface area (Å²) in [5, 5.41) is 3.33. The molecule has 0 unspecified atom stereocenters. The third-order valence-corrected chi connectivity index (χ3v) is 4.98.